The van der Waals surface area contributed by atoms with Gasteiger partial charge in [0.2, 0.25) is 0 Å². The molecule has 4 rings (SSSR count). The molecule has 0 radical (unpaired) electrons. The van der Waals surface area contributed by atoms with E-state index in [0.29, 0.717) is 0 Å². The fourth-order valence-corrected chi connectivity index (χ4v) is 4.47. The molecule has 0 amide bonds. The molecule has 0 bridgehead atoms. The summed E-state index contributed by atoms with van der Waals surface area (Å²) in [5.74, 6) is 7.24. The summed E-state index contributed by atoms with van der Waals surface area (Å²) in [6, 6.07) is 0. The van der Waals surface area contributed by atoms with E-state index < -0.39 is 0 Å². The number of hydrogen-bond donors (Lipinski definition) is 2. The van der Waals surface area contributed by atoms with Gasteiger partial charge in [0, 0.05) is 11.5 Å². The Morgan fingerprint density at radius 1 is 1.20 bits per heavy atom. The van der Waals surface area contributed by atoms with Crippen molar-refractivity contribution in [2.24, 2.45) is 5.84 Å². The third kappa shape index (κ3) is 1.90. The van der Waals surface area contributed by atoms with E-state index in [2.05, 4.69) is 10.4 Å². The molecule has 3 N–H and O–H groups in total. The fraction of sp³-hybridized carbons (Fsp3) is 0.571. The van der Waals surface area contributed by atoms with Crippen molar-refractivity contribution in [1.29, 1.82) is 0 Å². The van der Waals surface area contributed by atoms with Crippen LogP contribution in [0.5, 0.6) is 0 Å². The molecule has 0 saturated carbocycles. The number of aryl methyl sites for hydroxylation is 2. The summed E-state index contributed by atoms with van der Waals surface area (Å²) in [5.41, 5.74) is 4.18. The monoisotopic (exact) mass is 290 g/mol. The molecule has 1 atom stereocenters. The predicted molar refractivity (Wildman–Crippen MR) is 79.8 cm³/mol. The number of aromatic nitrogens is 2. The summed E-state index contributed by atoms with van der Waals surface area (Å²) >= 11 is 1.80. The minimum Gasteiger partial charge on any atom is -0.370 e. The van der Waals surface area contributed by atoms with Crippen LogP contribution in [0.4, 0.5) is 5.82 Å². The lowest BCUT2D eigenvalue weighted by atomic mass is 9.97. The highest BCUT2D eigenvalue weighted by atomic mass is 32.1. The van der Waals surface area contributed by atoms with Crippen LogP contribution in [0.1, 0.15) is 48.1 Å². The molecule has 1 aliphatic carbocycles. The van der Waals surface area contributed by atoms with E-state index in [0.717, 1.165) is 54.1 Å². The Hall–Kier alpha value is -1.24. The first-order valence-corrected chi connectivity index (χ1v) is 8.09. The third-order valence-corrected chi connectivity index (χ3v) is 5.37. The van der Waals surface area contributed by atoms with Crippen molar-refractivity contribution in [2.45, 2.75) is 44.6 Å². The van der Waals surface area contributed by atoms with Crippen LogP contribution in [0, 0.1) is 0 Å². The minimum atomic E-state index is 0.0330. The van der Waals surface area contributed by atoms with E-state index in [4.69, 9.17) is 15.6 Å². The molecule has 1 saturated heterocycles. The highest BCUT2D eigenvalue weighted by Gasteiger charge is 2.25. The maximum atomic E-state index is 5.70. The number of rotatable bonds is 2. The summed E-state index contributed by atoms with van der Waals surface area (Å²) in [4.78, 5) is 11.9. The van der Waals surface area contributed by atoms with Crippen LogP contribution in [0.25, 0.3) is 10.2 Å². The second-order valence-corrected chi connectivity index (χ2v) is 6.55. The molecule has 1 fully saturated rings. The van der Waals surface area contributed by atoms with Crippen molar-refractivity contribution >= 4 is 27.4 Å². The van der Waals surface area contributed by atoms with Crippen molar-refractivity contribution in [3.8, 4) is 0 Å². The number of hydrazine groups is 1. The quantitative estimate of drug-likeness (QED) is 0.657. The van der Waals surface area contributed by atoms with Crippen molar-refractivity contribution in [3.05, 3.63) is 16.3 Å². The SMILES string of the molecule is NNc1nc(C2CCCO2)nc2sc3c(c12)CCCC3. The lowest BCUT2D eigenvalue weighted by Gasteiger charge is -2.13. The zero-order valence-electron chi connectivity index (χ0n) is 11.3. The van der Waals surface area contributed by atoms with Gasteiger partial charge in [-0.3, -0.25) is 0 Å². The average Bonchev–Trinajstić information content (AvgIpc) is 3.13. The van der Waals surface area contributed by atoms with E-state index in [1.807, 2.05) is 0 Å². The van der Waals surface area contributed by atoms with Crippen LogP contribution in [-0.4, -0.2) is 16.6 Å². The van der Waals surface area contributed by atoms with E-state index in [1.165, 1.54) is 23.3 Å². The number of nitrogens with two attached hydrogens (primary N) is 1. The lowest BCUT2D eigenvalue weighted by molar-refractivity contribution is 0.105. The Kier molecular flexibility index (Phi) is 3.09. The zero-order valence-corrected chi connectivity index (χ0v) is 12.1. The van der Waals surface area contributed by atoms with Gasteiger partial charge in [-0.25, -0.2) is 15.8 Å². The van der Waals surface area contributed by atoms with Gasteiger partial charge in [0.05, 0.1) is 5.39 Å². The number of nitrogens with one attached hydrogen (secondary N) is 1. The molecule has 0 spiro atoms. The number of ether oxygens (including phenoxy) is 1. The van der Waals surface area contributed by atoms with E-state index in [1.54, 1.807) is 11.3 Å². The van der Waals surface area contributed by atoms with Crippen LogP contribution >= 0.6 is 11.3 Å². The number of nitrogens with zero attached hydrogens (tertiary/aromatic N) is 2. The van der Waals surface area contributed by atoms with Gasteiger partial charge in [-0.2, -0.15) is 0 Å². The van der Waals surface area contributed by atoms with Crippen molar-refractivity contribution in [3.63, 3.8) is 0 Å². The largest absolute Gasteiger partial charge is 0.370 e. The van der Waals surface area contributed by atoms with Crippen LogP contribution in [0.2, 0.25) is 0 Å². The molecule has 20 heavy (non-hydrogen) atoms. The molecule has 6 heteroatoms. The van der Waals surface area contributed by atoms with Gasteiger partial charge in [-0.15, -0.1) is 11.3 Å². The number of anilines is 1. The van der Waals surface area contributed by atoms with Gasteiger partial charge in [0.15, 0.2) is 11.6 Å². The van der Waals surface area contributed by atoms with Crippen LogP contribution < -0.4 is 11.3 Å². The summed E-state index contributed by atoms with van der Waals surface area (Å²) in [6.07, 6.45) is 6.92. The standard InChI is InChI=1S/C14H18N4OS/c15-18-13-11-8-4-1-2-6-10(8)20-14(11)17-12(16-13)9-5-3-7-19-9/h9H,1-7,15H2,(H,16,17,18). The average molecular weight is 290 g/mol. The van der Waals surface area contributed by atoms with Gasteiger partial charge in [0.1, 0.15) is 10.9 Å². The Bertz CT molecular complexity index is 648. The first kappa shape index (κ1) is 12.5. The van der Waals surface area contributed by atoms with E-state index in [9.17, 15) is 0 Å². The third-order valence-electron chi connectivity index (χ3n) is 4.19. The molecule has 1 unspecified atom stereocenters. The Balaban J connectivity index is 1.89. The van der Waals surface area contributed by atoms with Crippen molar-refractivity contribution < 1.29 is 4.74 Å². The first-order chi connectivity index (χ1) is 9.86. The highest BCUT2D eigenvalue weighted by Crippen LogP contribution is 2.39. The second kappa shape index (κ2) is 4.95. The molecule has 2 aromatic heterocycles. The molecule has 5 nitrogen and oxygen atoms in total. The Morgan fingerprint density at radius 2 is 2.10 bits per heavy atom. The van der Waals surface area contributed by atoms with Crippen LogP contribution in [0.3, 0.4) is 0 Å². The van der Waals surface area contributed by atoms with Gasteiger partial charge in [-0.1, -0.05) is 0 Å². The Morgan fingerprint density at radius 3 is 2.90 bits per heavy atom. The molecular weight excluding hydrogens is 272 g/mol. The molecule has 1 aliphatic heterocycles. The zero-order chi connectivity index (χ0) is 13.5. The molecular formula is C14H18N4OS. The second-order valence-electron chi connectivity index (χ2n) is 5.47. The molecule has 2 aliphatic rings. The first-order valence-electron chi connectivity index (χ1n) is 7.27. The number of hydrogen-bond acceptors (Lipinski definition) is 6. The minimum absolute atomic E-state index is 0.0330. The number of nitrogen functional groups attached to an aromatic ring is 1. The molecule has 2 aromatic rings. The maximum absolute atomic E-state index is 5.70. The summed E-state index contributed by atoms with van der Waals surface area (Å²) < 4.78 is 5.70. The van der Waals surface area contributed by atoms with Crippen LogP contribution in [0.15, 0.2) is 0 Å². The topological polar surface area (TPSA) is 73.1 Å². The predicted octanol–water partition coefficient (Wildman–Crippen LogP) is 2.71. The van der Waals surface area contributed by atoms with Gasteiger partial charge >= 0.3 is 0 Å². The molecule has 106 valence electrons. The van der Waals surface area contributed by atoms with Gasteiger partial charge < -0.3 is 10.2 Å². The van der Waals surface area contributed by atoms with Crippen molar-refractivity contribution in [1.82, 2.24) is 9.97 Å². The van der Waals surface area contributed by atoms with Gasteiger partial charge in [0.25, 0.3) is 0 Å². The number of fused-ring (bicyclic) bond motifs is 3. The molecule has 3 heterocycles. The summed E-state index contributed by atoms with van der Waals surface area (Å²) in [7, 11) is 0. The maximum Gasteiger partial charge on any atom is 0.161 e. The summed E-state index contributed by atoms with van der Waals surface area (Å²) in [5, 5.41) is 1.13. The summed E-state index contributed by atoms with van der Waals surface area (Å²) in [6.45, 7) is 0.804. The number of thiophene rings is 1. The van der Waals surface area contributed by atoms with E-state index in [-0.39, 0.29) is 6.10 Å². The highest BCUT2D eigenvalue weighted by molar-refractivity contribution is 7.19. The normalized spacial score (nSPS) is 22.1. The smallest absolute Gasteiger partial charge is 0.161 e. The Labute approximate surface area is 121 Å². The fourth-order valence-electron chi connectivity index (χ4n) is 3.20. The van der Waals surface area contributed by atoms with E-state index >= 15 is 0 Å². The molecule has 0 aromatic carbocycles. The van der Waals surface area contributed by atoms with Crippen LogP contribution in [-0.2, 0) is 17.6 Å². The lowest BCUT2D eigenvalue weighted by Crippen LogP contribution is -2.13. The van der Waals surface area contributed by atoms with Crippen molar-refractivity contribution in [2.75, 3.05) is 12.0 Å². The van der Waals surface area contributed by atoms with Gasteiger partial charge in [-0.05, 0) is 44.1 Å².